The van der Waals surface area contributed by atoms with Gasteiger partial charge >= 0.3 is 12.1 Å². The van der Waals surface area contributed by atoms with E-state index in [4.69, 9.17) is 16.0 Å². The van der Waals surface area contributed by atoms with Crippen LogP contribution in [0.5, 0.6) is 0 Å². The first-order chi connectivity index (χ1) is 16.8. The lowest BCUT2D eigenvalue weighted by atomic mass is 10.1. The first kappa shape index (κ1) is 28.6. The lowest BCUT2D eigenvalue weighted by molar-refractivity contribution is -0.151. The van der Waals surface area contributed by atoms with Gasteiger partial charge in [-0.15, -0.1) is 0 Å². The molecule has 0 aliphatic rings. The maximum absolute atomic E-state index is 13.2. The largest absolute Gasteiger partial charge is 0.416 e. The fourth-order valence-corrected chi connectivity index (χ4v) is 4.41. The van der Waals surface area contributed by atoms with Crippen molar-refractivity contribution in [3.05, 3.63) is 65.2 Å². The number of unbranched alkanes of at least 4 members (excludes halogenated alkanes) is 1. The van der Waals surface area contributed by atoms with Crippen molar-refractivity contribution < 1.29 is 36.0 Å². The number of amides is 1. The third-order valence-corrected chi connectivity index (χ3v) is 6.17. The van der Waals surface area contributed by atoms with Crippen molar-refractivity contribution >= 4 is 33.5 Å². The van der Waals surface area contributed by atoms with Crippen LogP contribution in [0.2, 0.25) is 0 Å². The Morgan fingerprint density at radius 2 is 1.81 bits per heavy atom. The van der Waals surface area contributed by atoms with Crippen LogP contribution in [-0.4, -0.2) is 38.0 Å². The maximum atomic E-state index is 13.2. The van der Waals surface area contributed by atoms with Crippen LogP contribution in [0.15, 0.2) is 48.5 Å². The van der Waals surface area contributed by atoms with E-state index in [1.807, 2.05) is 0 Å². The van der Waals surface area contributed by atoms with Gasteiger partial charge in [0, 0.05) is 11.3 Å². The van der Waals surface area contributed by atoms with E-state index >= 15 is 0 Å². The van der Waals surface area contributed by atoms with E-state index < -0.39 is 51.2 Å². The second-order valence-corrected chi connectivity index (χ2v) is 9.59. The predicted octanol–water partition coefficient (Wildman–Crippen LogP) is 2.53. The van der Waals surface area contributed by atoms with Crippen LogP contribution in [0.25, 0.3) is 0 Å². The summed E-state index contributed by atoms with van der Waals surface area (Å²) >= 11 is 0. The summed E-state index contributed by atoms with van der Waals surface area (Å²) in [5, 5.41) is 9.35. The first-order valence-electron chi connectivity index (χ1n) is 10.7. The Hall–Kier alpha value is -3.65. The minimum atomic E-state index is -4.82. The van der Waals surface area contributed by atoms with Crippen molar-refractivity contribution in [1.29, 1.82) is 5.41 Å². The molecule has 196 valence electrons. The van der Waals surface area contributed by atoms with E-state index in [2.05, 4.69) is 10.0 Å². The number of sulfonamides is 1. The summed E-state index contributed by atoms with van der Waals surface area (Å²) < 4.78 is 66.7. The van der Waals surface area contributed by atoms with Crippen LogP contribution in [0.3, 0.4) is 0 Å². The lowest BCUT2D eigenvalue weighted by Gasteiger charge is -2.18. The number of alkyl halides is 3. The minimum Gasteiger partial charge on any atom is -0.370 e. The van der Waals surface area contributed by atoms with E-state index in [0.29, 0.717) is 30.5 Å². The molecular formula is C22H26F3N5O5S. The van der Waals surface area contributed by atoms with Gasteiger partial charge in [-0.25, -0.2) is 17.9 Å². The number of nitrogens with two attached hydrogens (primary N) is 1. The summed E-state index contributed by atoms with van der Waals surface area (Å²) in [5.41, 5.74) is 5.44. The molecule has 36 heavy (non-hydrogen) atoms. The van der Waals surface area contributed by atoms with Gasteiger partial charge in [0.05, 0.1) is 11.3 Å². The van der Waals surface area contributed by atoms with Gasteiger partial charge in [-0.05, 0) is 36.6 Å². The van der Waals surface area contributed by atoms with Gasteiger partial charge < -0.3 is 15.9 Å². The van der Waals surface area contributed by atoms with Gasteiger partial charge in [-0.1, -0.05) is 43.7 Å². The molecule has 0 fully saturated rings. The molecule has 0 aromatic heterocycles. The zero-order valence-electron chi connectivity index (χ0n) is 19.2. The molecule has 1 atom stereocenters. The molecule has 2 aromatic carbocycles. The number of carbonyl (C=O) groups excluding carboxylic acids is 2. The molecule has 14 heteroatoms. The number of nitrogens with one attached hydrogen (secondary N) is 4. The van der Waals surface area contributed by atoms with Gasteiger partial charge in [-0.2, -0.15) is 18.7 Å². The average Bonchev–Trinajstić information content (AvgIpc) is 2.80. The summed E-state index contributed by atoms with van der Waals surface area (Å²) in [6.45, 7) is 1.80. The molecule has 2 aromatic rings. The van der Waals surface area contributed by atoms with Crippen molar-refractivity contribution in [2.45, 2.75) is 38.4 Å². The van der Waals surface area contributed by atoms with Crippen LogP contribution < -0.4 is 21.3 Å². The predicted molar refractivity (Wildman–Crippen MR) is 126 cm³/mol. The van der Waals surface area contributed by atoms with Crippen molar-refractivity contribution in [3.63, 3.8) is 0 Å². The molecule has 0 saturated carbocycles. The third-order valence-electron chi connectivity index (χ3n) is 4.70. The number of carbonyl (C=O) groups is 2. The van der Waals surface area contributed by atoms with E-state index in [9.17, 15) is 31.2 Å². The number of halogens is 3. The Morgan fingerprint density at radius 3 is 2.39 bits per heavy atom. The molecule has 0 aliphatic heterocycles. The average molecular weight is 530 g/mol. The van der Waals surface area contributed by atoms with Gasteiger partial charge in [-0.3, -0.25) is 10.2 Å². The lowest BCUT2D eigenvalue weighted by Crippen LogP contribution is -2.46. The van der Waals surface area contributed by atoms with Gasteiger partial charge in [0.2, 0.25) is 10.0 Å². The van der Waals surface area contributed by atoms with Crippen LogP contribution >= 0.6 is 0 Å². The molecular weight excluding hydrogens is 503 g/mol. The van der Waals surface area contributed by atoms with Crippen molar-refractivity contribution in [3.8, 4) is 0 Å². The zero-order chi connectivity index (χ0) is 26.9. The fourth-order valence-electron chi connectivity index (χ4n) is 3.01. The van der Waals surface area contributed by atoms with Gasteiger partial charge in [0.25, 0.3) is 5.91 Å². The number of anilines is 1. The molecule has 0 heterocycles. The van der Waals surface area contributed by atoms with E-state index in [1.165, 1.54) is 0 Å². The molecule has 0 bridgehead atoms. The van der Waals surface area contributed by atoms with E-state index in [0.717, 1.165) is 6.07 Å². The van der Waals surface area contributed by atoms with Crippen LogP contribution in [0, 0.1) is 5.41 Å². The molecule has 1 amide bonds. The Labute approximate surface area is 205 Å². The maximum Gasteiger partial charge on any atom is 0.416 e. The highest BCUT2D eigenvalue weighted by Gasteiger charge is 2.32. The smallest absolute Gasteiger partial charge is 0.370 e. The number of guanidine groups is 1. The first-order valence-corrected chi connectivity index (χ1v) is 12.3. The summed E-state index contributed by atoms with van der Waals surface area (Å²) in [6, 6.07) is 9.13. The Balaban J connectivity index is 2.21. The molecule has 2 rings (SSSR count). The Morgan fingerprint density at radius 1 is 1.14 bits per heavy atom. The minimum absolute atomic E-state index is 0.100. The molecule has 0 unspecified atom stereocenters. The van der Waals surface area contributed by atoms with Crippen molar-refractivity contribution in [2.24, 2.45) is 5.73 Å². The molecule has 10 nitrogen and oxygen atoms in total. The summed E-state index contributed by atoms with van der Waals surface area (Å²) in [4.78, 5) is 29.9. The van der Waals surface area contributed by atoms with E-state index in [-0.39, 0.29) is 17.9 Å². The van der Waals surface area contributed by atoms with Crippen LogP contribution in [0.1, 0.15) is 41.3 Å². The summed E-state index contributed by atoms with van der Waals surface area (Å²) in [6.07, 6.45) is -3.97. The van der Waals surface area contributed by atoms with E-state index in [1.54, 1.807) is 42.7 Å². The summed E-state index contributed by atoms with van der Waals surface area (Å²) in [5.74, 6) is -3.27. The van der Waals surface area contributed by atoms with Crippen LogP contribution in [-0.2, 0) is 32.3 Å². The number of hydroxylamine groups is 1. The second kappa shape index (κ2) is 12.4. The quantitative estimate of drug-likeness (QED) is 0.179. The third kappa shape index (κ3) is 9.19. The second-order valence-electron chi connectivity index (χ2n) is 7.72. The Kier molecular flexibility index (Phi) is 9.81. The normalized spacial score (nSPS) is 12.4. The van der Waals surface area contributed by atoms with Crippen molar-refractivity contribution in [2.75, 3.05) is 11.1 Å². The molecule has 6 N–H and O–H groups in total. The molecule has 0 spiro atoms. The number of hydrogen-bond donors (Lipinski definition) is 5. The monoisotopic (exact) mass is 529 g/mol. The standard InChI is InChI=1S/C22H26F3N5O5S/c1-2-3-9-36(33,34)30-18(10-14-7-5-4-6-8-14)20(32)35-29-19(31)15-11-16(22(23,24)25)13-17(12-15)28-21(26)27/h4-8,11-13,18,30H,2-3,9-10H2,1H3,(H,29,31)(H4,26,27,28)/t18-/m0/s1. The Bertz CT molecular complexity index is 1190. The highest BCUT2D eigenvalue weighted by Crippen LogP contribution is 2.32. The highest BCUT2D eigenvalue weighted by molar-refractivity contribution is 7.89. The zero-order valence-corrected chi connectivity index (χ0v) is 20.0. The topological polar surface area (TPSA) is 163 Å². The number of benzene rings is 2. The molecule has 0 aliphatic carbocycles. The molecule has 0 saturated heterocycles. The van der Waals surface area contributed by atoms with Gasteiger partial charge in [0.1, 0.15) is 6.04 Å². The SMILES string of the molecule is CCCCS(=O)(=O)N[C@@H](Cc1ccccc1)C(=O)ONC(=O)c1cc(NC(=N)N)cc(C(F)(F)F)c1. The van der Waals surface area contributed by atoms with Crippen molar-refractivity contribution in [1.82, 2.24) is 10.2 Å². The van der Waals surface area contributed by atoms with Gasteiger partial charge in [0.15, 0.2) is 5.96 Å². The fraction of sp³-hybridized carbons (Fsp3) is 0.318. The highest BCUT2D eigenvalue weighted by atomic mass is 32.2. The molecule has 0 radical (unpaired) electrons. The summed E-state index contributed by atoms with van der Waals surface area (Å²) in [7, 11) is -3.87. The number of hydrogen-bond acceptors (Lipinski definition) is 6. The number of rotatable bonds is 10. The van der Waals surface area contributed by atoms with Crippen LogP contribution in [0.4, 0.5) is 18.9 Å².